The number of hydrogen-bond donors (Lipinski definition) is 1. The third-order valence-corrected chi connectivity index (χ3v) is 6.10. The summed E-state index contributed by atoms with van der Waals surface area (Å²) in [6, 6.07) is 5.65. The fourth-order valence-electron chi connectivity index (χ4n) is 3.14. The van der Waals surface area contributed by atoms with Crippen molar-refractivity contribution in [3.05, 3.63) is 53.3 Å². The van der Waals surface area contributed by atoms with Crippen molar-refractivity contribution in [2.24, 2.45) is 4.40 Å². The average molecular weight is 461 g/mol. The van der Waals surface area contributed by atoms with Gasteiger partial charge in [0.2, 0.25) is 5.91 Å². The Hall–Kier alpha value is -3.47. The minimum absolute atomic E-state index is 0.156. The summed E-state index contributed by atoms with van der Waals surface area (Å²) in [5.74, 6) is -1.58. The third kappa shape index (κ3) is 5.61. The molecule has 0 fully saturated rings. The zero-order chi connectivity index (χ0) is 23.5. The van der Waals surface area contributed by atoms with Gasteiger partial charge in [0.15, 0.2) is 6.61 Å². The highest BCUT2D eigenvalue weighted by Gasteiger charge is 2.26. The maximum atomic E-state index is 12.3. The van der Waals surface area contributed by atoms with Gasteiger partial charge in [-0.1, -0.05) is 18.2 Å². The van der Waals surface area contributed by atoms with Crippen LogP contribution in [0.15, 0.2) is 46.5 Å². The molecule has 2 aliphatic rings. The molecule has 1 N–H and O–H groups in total. The van der Waals surface area contributed by atoms with Gasteiger partial charge in [0.05, 0.1) is 17.9 Å². The normalized spacial score (nSPS) is 16.4. The molecular formula is C21H24N4O6S. The number of aryl methyl sites for hydroxylation is 2. The van der Waals surface area contributed by atoms with Crippen LogP contribution >= 0.6 is 0 Å². The van der Waals surface area contributed by atoms with E-state index in [0.29, 0.717) is 5.69 Å². The zero-order valence-electron chi connectivity index (χ0n) is 18.0. The summed E-state index contributed by atoms with van der Waals surface area (Å²) in [5.41, 5.74) is 2.69. The van der Waals surface area contributed by atoms with Crippen molar-refractivity contribution in [3.63, 3.8) is 0 Å². The Bertz CT molecular complexity index is 1130. The van der Waals surface area contributed by atoms with Gasteiger partial charge < -0.3 is 19.9 Å². The summed E-state index contributed by atoms with van der Waals surface area (Å²) in [6.07, 6.45) is 4.21. The summed E-state index contributed by atoms with van der Waals surface area (Å²) < 4.78 is 31.8. The molecule has 0 saturated carbocycles. The highest BCUT2D eigenvalue weighted by molar-refractivity contribution is 7.90. The lowest BCUT2D eigenvalue weighted by molar-refractivity contribution is -0.148. The van der Waals surface area contributed by atoms with Crippen LogP contribution < -0.4 is 5.32 Å². The lowest BCUT2D eigenvalue weighted by Gasteiger charge is -2.26. The summed E-state index contributed by atoms with van der Waals surface area (Å²) >= 11 is 0. The van der Waals surface area contributed by atoms with E-state index in [-0.39, 0.29) is 36.2 Å². The molecule has 32 heavy (non-hydrogen) atoms. The van der Waals surface area contributed by atoms with Crippen molar-refractivity contribution in [3.8, 4) is 0 Å². The average Bonchev–Trinajstić information content (AvgIpc) is 2.73. The summed E-state index contributed by atoms with van der Waals surface area (Å²) in [7, 11) is -2.05. The number of sulfonamides is 1. The van der Waals surface area contributed by atoms with E-state index in [0.717, 1.165) is 11.1 Å². The first-order chi connectivity index (χ1) is 15.1. The van der Waals surface area contributed by atoms with Crippen LogP contribution in [-0.4, -0.2) is 74.3 Å². The van der Waals surface area contributed by atoms with Gasteiger partial charge in [-0.25, -0.2) is 13.2 Å². The third-order valence-electron chi connectivity index (χ3n) is 4.94. The van der Waals surface area contributed by atoms with E-state index in [1.54, 1.807) is 0 Å². The van der Waals surface area contributed by atoms with Gasteiger partial charge in [-0.15, -0.1) is 4.40 Å². The number of nitrogens with zero attached hydrogens (tertiary/aromatic N) is 3. The second-order valence-electron chi connectivity index (χ2n) is 7.49. The number of ether oxygens (including phenoxy) is 1. The SMILES string of the molecule is Cc1cccc(C)c1NC(=O)CN(C)C(=O)COC(=O)C1=CN2CCS(=O)(=O)N=C2C=C1. The lowest BCUT2D eigenvalue weighted by atomic mass is 10.1. The standard InChI is InChI=1S/C21H24N4O6S/c1-14-5-4-6-15(2)20(14)22-18(26)12-24(3)19(27)13-31-21(28)16-7-8-17-23-32(29,30)10-9-25(17)11-16/h4-8,11H,9-10,12-13H2,1-3H3,(H,22,26). The van der Waals surface area contributed by atoms with Crippen LogP contribution in [0.4, 0.5) is 5.69 Å². The number of esters is 1. The Kier molecular flexibility index (Phi) is 6.78. The Morgan fingerprint density at radius 1 is 1.19 bits per heavy atom. The van der Waals surface area contributed by atoms with Gasteiger partial charge in [0.25, 0.3) is 15.9 Å². The summed E-state index contributed by atoms with van der Waals surface area (Å²) in [4.78, 5) is 39.6. The van der Waals surface area contributed by atoms with E-state index >= 15 is 0 Å². The highest BCUT2D eigenvalue weighted by Crippen LogP contribution is 2.19. The number of amides is 2. The van der Waals surface area contributed by atoms with Crippen LogP contribution in [0.5, 0.6) is 0 Å². The number of amidine groups is 1. The molecule has 0 unspecified atom stereocenters. The maximum Gasteiger partial charge on any atom is 0.340 e. The van der Waals surface area contributed by atoms with Crippen LogP contribution in [0.3, 0.4) is 0 Å². The van der Waals surface area contributed by atoms with E-state index in [4.69, 9.17) is 4.74 Å². The molecule has 2 heterocycles. The number of nitrogens with one attached hydrogen (secondary N) is 1. The number of hydrogen-bond acceptors (Lipinski definition) is 7. The molecule has 2 aliphatic heterocycles. The van der Waals surface area contributed by atoms with Gasteiger partial charge in [-0.05, 0) is 37.1 Å². The highest BCUT2D eigenvalue weighted by atomic mass is 32.2. The number of carbonyl (C=O) groups is 3. The van der Waals surface area contributed by atoms with Crippen molar-refractivity contribution in [2.75, 3.05) is 37.8 Å². The fourth-order valence-corrected chi connectivity index (χ4v) is 4.11. The molecule has 0 bridgehead atoms. The first-order valence-corrected chi connectivity index (χ1v) is 11.4. The molecule has 10 nitrogen and oxygen atoms in total. The molecule has 0 aliphatic carbocycles. The van der Waals surface area contributed by atoms with Crippen molar-refractivity contribution >= 4 is 39.3 Å². The lowest BCUT2D eigenvalue weighted by Crippen LogP contribution is -2.38. The monoisotopic (exact) mass is 460 g/mol. The van der Waals surface area contributed by atoms with Crippen LogP contribution in [0.25, 0.3) is 0 Å². The second-order valence-corrected chi connectivity index (χ2v) is 9.24. The summed E-state index contributed by atoms with van der Waals surface area (Å²) in [5, 5.41) is 2.79. The molecule has 0 saturated heterocycles. The van der Waals surface area contributed by atoms with Gasteiger partial charge in [-0.3, -0.25) is 9.59 Å². The first kappa shape index (κ1) is 23.2. The number of rotatable bonds is 6. The van der Waals surface area contributed by atoms with Crippen molar-refractivity contribution in [1.82, 2.24) is 9.80 Å². The molecule has 0 aromatic heterocycles. The molecule has 0 spiro atoms. The molecule has 0 radical (unpaired) electrons. The Morgan fingerprint density at radius 3 is 2.56 bits per heavy atom. The molecule has 1 aromatic rings. The molecule has 2 amide bonds. The van der Waals surface area contributed by atoms with E-state index in [2.05, 4.69) is 9.71 Å². The van der Waals surface area contributed by atoms with Gasteiger partial charge in [0, 0.05) is 25.5 Å². The molecule has 11 heteroatoms. The van der Waals surface area contributed by atoms with Crippen molar-refractivity contribution < 1.29 is 27.5 Å². The Balaban J connectivity index is 1.51. The number of anilines is 1. The molecular weight excluding hydrogens is 436 g/mol. The molecule has 1 aromatic carbocycles. The van der Waals surface area contributed by atoms with Gasteiger partial charge >= 0.3 is 5.97 Å². The number of carbonyl (C=O) groups excluding carboxylic acids is 3. The van der Waals surface area contributed by atoms with E-state index in [1.807, 2.05) is 32.0 Å². The topological polar surface area (TPSA) is 125 Å². The maximum absolute atomic E-state index is 12.3. The largest absolute Gasteiger partial charge is 0.452 e. The number of benzene rings is 1. The van der Waals surface area contributed by atoms with Crippen LogP contribution in [0.1, 0.15) is 11.1 Å². The fraction of sp³-hybridized carbons (Fsp3) is 0.333. The van der Waals surface area contributed by atoms with Gasteiger partial charge in [-0.2, -0.15) is 0 Å². The van der Waals surface area contributed by atoms with Crippen molar-refractivity contribution in [2.45, 2.75) is 13.8 Å². The Labute approximate surface area is 186 Å². The quantitative estimate of drug-likeness (QED) is 0.621. The zero-order valence-corrected chi connectivity index (χ0v) is 18.8. The van der Waals surface area contributed by atoms with E-state index in [9.17, 15) is 22.8 Å². The minimum atomic E-state index is -3.49. The van der Waals surface area contributed by atoms with E-state index in [1.165, 1.54) is 35.2 Å². The van der Waals surface area contributed by atoms with Crippen LogP contribution in [-0.2, 0) is 29.1 Å². The second kappa shape index (κ2) is 9.35. The van der Waals surface area contributed by atoms with Crippen molar-refractivity contribution in [1.29, 1.82) is 0 Å². The molecule has 3 rings (SSSR count). The van der Waals surface area contributed by atoms with E-state index < -0.39 is 28.5 Å². The summed E-state index contributed by atoms with van der Waals surface area (Å²) in [6.45, 7) is 3.19. The molecule has 0 atom stereocenters. The Morgan fingerprint density at radius 2 is 1.88 bits per heavy atom. The van der Waals surface area contributed by atoms with Gasteiger partial charge in [0.1, 0.15) is 5.84 Å². The predicted octanol–water partition coefficient (Wildman–Crippen LogP) is 0.741. The molecule has 170 valence electrons. The number of para-hydroxylation sites is 1. The number of fused-ring (bicyclic) bond motifs is 1. The van der Waals surface area contributed by atoms with Crippen LogP contribution in [0, 0.1) is 13.8 Å². The first-order valence-electron chi connectivity index (χ1n) is 9.82. The smallest absolute Gasteiger partial charge is 0.340 e. The predicted molar refractivity (Wildman–Crippen MR) is 118 cm³/mol. The van der Waals surface area contributed by atoms with Crippen LogP contribution in [0.2, 0.25) is 0 Å². The number of likely N-dealkylation sites (N-methyl/N-ethyl adjacent to an activating group) is 1. The minimum Gasteiger partial charge on any atom is -0.452 e.